The van der Waals surface area contributed by atoms with E-state index in [1.54, 1.807) is 6.07 Å². The van der Waals surface area contributed by atoms with Crippen LogP contribution < -0.4 is 15.4 Å². The summed E-state index contributed by atoms with van der Waals surface area (Å²) in [5, 5.41) is 13.8. The van der Waals surface area contributed by atoms with Gasteiger partial charge in [0.2, 0.25) is 0 Å². The molecule has 0 atom stereocenters. The van der Waals surface area contributed by atoms with Gasteiger partial charge in [-0.1, -0.05) is 29.8 Å². The van der Waals surface area contributed by atoms with Gasteiger partial charge in [0.15, 0.2) is 0 Å². The lowest BCUT2D eigenvalue weighted by Crippen LogP contribution is -2.49. The first-order chi connectivity index (χ1) is 17.4. The minimum absolute atomic E-state index is 0.106. The third kappa shape index (κ3) is 10.5. The number of urea groups is 1. The van der Waals surface area contributed by atoms with Crippen LogP contribution >= 0.6 is 11.6 Å². The molecule has 1 aliphatic heterocycles. The number of carboxylic acids is 1. The quantitative estimate of drug-likeness (QED) is 0.406. The molecule has 2 aromatic rings. The molecule has 0 aliphatic carbocycles. The van der Waals surface area contributed by atoms with Gasteiger partial charge in [0, 0.05) is 24.2 Å². The van der Waals surface area contributed by atoms with E-state index in [4.69, 9.17) is 26.2 Å². The van der Waals surface area contributed by atoms with E-state index in [0.29, 0.717) is 18.1 Å². The molecule has 0 radical (unpaired) electrons. The molecular weight excluding hydrogens is 518 g/mol. The SMILES string of the molecule is CC(C)Oc1ccc(CNC(=O)N(Cc2ccc(F)cc2Cl)C2CCNCC2)cc1.O=C(O)C(F)(F)F. The van der Waals surface area contributed by atoms with E-state index in [2.05, 4.69) is 10.6 Å². The van der Waals surface area contributed by atoms with Crippen molar-refractivity contribution in [1.29, 1.82) is 0 Å². The number of benzene rings is 2. The zero-order valence-electron chi connectivity index (χ0n) is 20.4. The van der Waals surface area contributed by atoms with Gasteiger partial charge < -0.3 is 25.4 Å². The molecule has 37 heavy (non-hydrogen) atoms. The maximum atomic E-state index is 13.4. The van der Waals surface area contributed by atoms with E-state index < -0.39 is 12.1 Å². The van der Waals surface area contributed by atoms with Crippen molar-refractivity contribution in [2.75, 3.05) is 13.1 Å². The number of aliphatic carboxylic acids is 1. The minimum atomic E-state index is -5.08. The van der Waals surface area contributed by atoms with Crippen LogP contribution in [0.15, 0.2) is 42.5 Å². The Labute approximate surface area is 217 Å². The molecule has 3 N–H and O–H groups in total. The maximum absolute atomic E-state index is 13.4. The van der Waals surface area contributed by atoms with Crippen molar-refractivity contribution in [2.24, 2.45) is 0 Å². The highest BCUT2D eigenvalue weighted by Crippen LogP contribution is 2.23. The Kier molecular flexibility index (Phi) is 11.4. The van der Waals surface area contributed by atoms with E-state index in [1.165, 1.54) is 12.1 Å². The highest BCUT2D eigenvalue weighted by molar-refractivity contribution is 6.31. The predicted molar refractivity (Wildman–Crippen MR) is 131 cm³/mol. The van der Waals surface area contributed by atoms with Crippen molar-refractivity contribution in [1.82, 2.24) is 15.5 Å². The molecule has 0 unspecified atom stereocenters. The standard InChI is InChI=1S/C23H29ClFN3O2.C2HF3O2/c1-16(2)30-21-7-3-17(4-8-21)14-27-23(29)28(20-9-11-26-12-10-20)15-18-5-6-19(25)13-22(18)24;3-2(4,5)1(6)7/h3-8,13,16,20,26H,9-12,14-15H2,1-2H3,(H,27,29);(H,6,7). The zero-order chi connectivity index (χ0) is 27.6. The van der Waals surface area contributed by atoms with Crippen molar-refractivity contribution in [2.45, 2.75) is 58.1 Å². The Hall–Kier alpha value is -3.05. The number of ether oxygens (including phenoxy) is 1. The Morgan fingerprint density at radius 3 is 2.27 bits per heavy atom. The summed E-state index contributed by atoms with van der Waals surface area (Å²) in [4.78, 5) is 23.8. The van der Waals surface area contributed by atoms with Crippen molar-refractivity contribution in [3.63, 3.8) is 0 Å². The van der Waals surface area contributed by atoms with E-state index in [-0.39, 0.29) is 24.0 Å². The van der Waals surface area contributed by atoms with Crippen LogP contribution in [0.4, 0.5) is 22.4 Å². The molecule has 0 aromatic heterocycles. The largest absolute Gasteiger partial charge is 0.491 e. The third-order valence-corrected chi connectivity index (χ3v) is 5.70. The van der Waals surface area contributed by atoms with Crippen LogP contribution in [0.5, 0.6) is 5.75 Å². The molecule has 7 nitrogen and oxygen atoms in total. The predicted octanol–water partition coefficient (Wildman–Crippen LogP) is 5.36. The lowest BCUT2D eigenvalue weighted by Gasteiger charge is -2.35. The monoisotopic (exact) mass is 547 g/mol. The molecule has 12 heteroatoms. The number of alkyl halides is 3. The summed E-state index contributed by atoms with van der Waals surface area (Å²) in [7, 11) is 0. The highest BCUT2D eigenvalue weighted by atomic mass is 35.5. The Morgan fingerprint density at radius 2 is 1.76 bits per heavy atom. The summed E-state index contributed by atoms with van der Waals surface area (Å²) >= 11 is 6.22. The number of hydrogen-bond acceptors (Lipinski definition) is 4. The fraction of sp³-hybridized carbons (Fsp3) is 0.440. The van der Waals surface area contributed by atoms with Gasteiger partial charge in [0.05, 0.1) is 6.10 Å². The number of amides is 2. The molecule has 1 fully saturated rings. The first kappa shape index (κ1) is 30.2. The molecule has 2 aromatic carbocycles. The molecule has 1 saturated heterocycles. The first-order valence-corrected chi connectivity index (χ1v) is 12.0. The van der Waals surface area contributed by atoms with E-state index >= 15 is 0 Å². The number of carboxylic acid groups (broad SMARTS) is 1. The minimum Gasteiger partial charge on any atom is -0.491 e. The van der Waals surface area contributed by atoms with Crippen molar-refractivity contribution in [3.05, 3.63) is 64.4 Å². The molecular formula is C25H30ClF4N3O4. The lowest BCUT2D eigenvalue weighted by atomic mass is 10.0. The fourth-order valence-electron chi connectivity index (χ4n) is 3.56. The molecule has 0 saturated carbocycles. The number of rotatable bonds is 7. The summed E-state index contributed by atoms with van der Waals surface area (Å²) < 4.78 is 50.8. The van der Waals surface area contributed by atoms with Gasteiger partial charge in [-0.15, -0.1) is 0 Å². The third-order valence-electron chi connectivity index (χ3n) is 5.35. The van der Waals surface area contributed by atoms with Crippen molar-refractivity contribution in [3.8, 4) is 5.75 Å². The van der Waals surface area contributed by atoms with Gasteiger partial charge in [-0.25, -0.2) is 14.0 Å². The van der Waals surface area contributed by atoms with Crippen LogP contribution in [-0.2, 0) is 17.9 Å². The van der Waals surface area contributed by atoms with Gasteiger partial charge in [0.1, 0.15) is 11.6 Å². The number of piperidine rings is 1. The number of hydrogen-bond donors (Lipinski definition) is 3. The van der Waals surface area contributed by atoms with Gasteiger partial charge in [-0.2, -0.15) is 13.2 Å². The fourth-order valence-corrected chi connectivity index (χ4v) is 3.78. The maximum Gasteiger partial charge on any atom is 0.490 e. The summed E-state index contributed by atoms with van der Waals surface area (Å²) in [6.45, 7) is 6.45. The summed E-state index contributed by atoms with van der Waals surface area (Å²) in [5.74, 6) is -2.33. The van der Waals surface area contributed by atoms with Crippen LogP contribution in [0.1, 0.15) is 37.8 Å². The summed E-state index contributed by atoms with van der Waals surface area (Å²) in [6.07, 6.45) is -3.23. The van der Waals surface area contributed by atoms with E-state index in [0.717, 1.165) is 42.8 Å². The average Bonchev–Trinajstić information content (AvgIpc) is 2.83. The van der Waals surface area contributed by atoms with E-state index in [9.17, 15) is 22.4 Å². The molecule has 0 spiro atoms. The topological polar surface area (TPSA) is 90.9 Å². The number of nitrogens with one attached hydrogen (secondary N) is 2. The molecule has 1 aliphatic rings. The van der Waals surface area contributed by atoms with Crippen molar-refractivity contribution >= 4 is 23.6 Å². The number of carbonyl (C=O) groups excluding carboxylic acids is 1. The second-order valence-electron chi connectivity index (χ2n) is 8.62. The second kappa shape index (κ2) is 14.0. The second-order valence-corrected chi connectivity index (χ2v) is 9.02. The molecule has 204 valence electrons. The Balaban J connectivity index is 0.000000604. The summed E-state index contributed by atoms with van der Waals surface area (Å²) in [5.41, 5.74) is 1.73. The Morgan fingerprint density at radius 1 is 1.16 bits per heavy atom. The van der Waals surface area contributed by atoms with Crippen LogP contribution in [0, 0.1) is 5.82 Å². The van der Waals surface area contributed by atoms with Crippen molar-refractivity contribution < 1.29 is 37.0 Å². The number of nitrogens with zero attached hydrogens (tertiary/aromatic N) is 1. The average molecular weight is 548 g/mol. The van der Waals surface area contributed by atoms with E-state index in [1.807, 2.05) is 43.0 Å². The summed E-state index contributed by atoms with van der Waals surface area (Å²) in [6, 6.07) is 12.0. The van der Waals surface area contributed by atoms with Crippen LogP contribution in [0.3, 0.4) is 0 Å². The van der Waals surface area contributed by atoms with Crippen LogP contribution in [0.2, 0.25) is 5.02 Å². The first-order valence-electron chi connectivity index (χ1n) is 11.6. The molecule has 1 heterocycles. The smallest absolute Gasteiger partial charge is 0.490 e. The van der Waals surface area contributed by atoms with Gasteiger partial charge in [0.25, 0.3) is 0 Å². The van der Waals surface area contributed by atoms with Gasteiger partial charge in [-0.3, -0.25) is 0 Å². The Bertz CT molecular complexity index is 1030. The van der Waals surface area contributed by atoms with Crippen LogP contribution in [0.25, 0.3) is 0 Å². The lowest BCUT2D eigenvalue weighted by molar-refractivity contribution is -0.192. The molecule has 2 amide bonds. The molecule has 3 rings (SSSR count). The number of halogens is 5. The number of carbonyl (C=O) groups is 2. The zero-order valence-corrected chi connectivity index (χ0v) is 21.2. The normalized spacial score (nSPS) is 13.9. The van der Waals surface area contributed by atoms with Crippen LogP contribution in [-0.4, -0.2) is 53.4 Å². The van der Waals surface area contributed by atoms with Gasteiger partial charge >= 0.3 is 18.2 Å². The highest BCUT2D eigenvalue weighted by Gasteiger charge is 2.38. The molecule has 0 bridgehead atoms. The van der Waals surface area contributed by atoms with Gasteiger partial charge in [-0.05, 0) is 75.2 Å².